The van der Waals surface area contributed by atoms with Crippen molar-refractivity contribution in [2.24, 2.45) is 47.2 Å². The second-order valence-corrected chi connectivity index (χ2v) is 22.3. The Morgan fingerprint density at radius 2 is 0.781 bits per heavy atom. The van der Waals surface area contributed by atoms with Crippen molar-refractivity contribution in [2.75, 3.05) is 5.75 Å². The molecule has 1 rings (SSSR count). The number of hydrogen-bond acceptors (Lipinski definition) is 11. The van der Waals surface area contributed by atoms with Crippen molar-refractivity contribution in [3.63, 3.8) is 0 Å². The van der Waals surface area contributed by atoms with Gasteiger partial charge in [-0.05, 0) is 79.1 Å². The third kappa shape index (κ3) is 24.6. The van der Waals surface area contributed by atoms with Crippen LogP contribution in [0.25, 0.3) is 0 Å². The Morgan fingerprint density at radius 3 is 1.14 bits per heavy atom. The Hall–Kier alpha value is -5.24. The van der Waals surface area contributed by atoms with Gasteiger partial charge in [0.05, 0.1) is 6.04 Å². The minimum absolute atomic E-state index is 0.00488. The van der Waals surface area contributed by atoms with Crippen LogP contribution in [-0.4, -0.2) is 118 Å². The normalized spacial score (nSPS) is 15.8. The molecule has 1 aromatic rings. The number of hydrogen-bond donors (Lipinski definition) is 11. The summed E-state index contributed by atoms with van der Waals surface area (Å²) in [6.07, 6.45) is 1.57. The van der Waals surface area contributed by atoms with Crippen LogP contribution in [0.5, 0.6) is 0 Å². The number of aliphatic carboxylic acids is 1. The fraction of sp³-hybridized carbons (Fsp3) is 0.717. The molecule has 0 aliphatic rings. The first-order chi connectivity index (χ1) is 34.0. The van der Waals surface area contributed by atoms with E-state index >= 15 is 0 Å². The molecule has 8 amide bonds. The third-order valence-corrected chi connectivity index (χ3v) is 12.5. The van der Waals surface area contributed by atoms with E-state index < -0.39 is 119 Å². The van der Waals surface area contributed by atoms with Crippen LogP contribution in [0.15, 0.2) is 30.3 Å². The summed E-state index contributed by atoms with van der Waals surface area (Å²) in [7, 11) is 0. The van der Waals surface area contributed by atoms with E-state index in [1.807, 2.05) is 76.2 Å². The Labute approximate surface area is 440 Å². The lowest BCUT2D eigenvalue weighted by molar-refractivity contribution is -0.143. The molecule has 20 heteroatoms. The number of carboxylic acid groups (broad SMARTS) is 1. The lowest BCUT2D eigenvalue weighted by Crippen LogP contribution is -2.62. The van der Waals surface area contributed by atoms with Gasteiger partial charge >= 0.3 is 5.97 Å². The summed E-state index contributed by atoms with van der Waals surface area (Å²) in [5.74, 6) is -7.73. The topological polar surface area (TPSA) is 296 Å². The molecule has 1 aromatic carbocycles. The average molecular weight is 1050 g/mol. The molecule has 19 nitrogen and oxygen atoms in total. The number of carboxylic acids is 1. The molecule has 73 heavy (non-hydrogen) atoms. The van der Waals surface area contributed by atoms with Crippen molar-refractivity contribution in [1.29, 1.82) is 0 Å². The monoisotopic (exact) mass is 1050 g/mol. The summed E-state index contributed by atoms with van der Waals surface area (Å²) in [5.41, 5.74) is 6.79. The predicted octanol–water partition coefficient (Wildman–Crippen LogP) is 3.38. The molecule has 0 radical (unpaired) electrons. The van der Waals surface area contributed by atoms with Gasteiger partial charge in [0.25, 0.3) is 0 Å². The zero-order valence-electron chi connectivity index (χ0n) is 45.9. The van der Waals surface area contributed by atoms with E-state index in [9.17, 15) is 48.3 Å². The van der Waals surface area contributed by atoms with Crippen LogP contribution in [0, 0.1) is 41.4 Å². The maximum atomic E-state index is 14.5. The number of carbonyl (C=O) groups excluding carboxylic acids is 8. The molecule has 10 unspecified atom stereocenters. The number of carbonyl (C=O) groups is 9. The van der Waals surface area contributed by atoms with Crippen LogP contribution < -0.4 is 48.3 Å². The zero-order chi connectivity index (χ0) is 55.9. The summed E-state index contributed by atoms with van der Waals surface area (Å²) < 4.78 is 0. The van der Waals surface area contributed by atoms with Crippen molar-refractivity contribution >= 4 is 65.9 Å². The van der Waals surface area contributed by atoms with E-state index in [1.165, 1.54) is 0 Å². The van der Waals surface area contributed by atoms with Gasteiger partial charge in [-0.3, -0.25) is 38.4 Å². The SMILES string of the molecule is CCC(C)C(NC(=O)C(CC(C)C)NC(=O)C(CS)NC(=O)C(CC(C)C)NC(=O)C(N)CC(C)C)C(=O)NC(Cc1ccccc1)C(=O)NC(CC(C)C)C(=O)NC(CC(C)C)C(=O)NC(C(=O)O)C(C)C. The first-order valence-corrected chi connectivity index (χ1v) is 26.7. The fourth-order valence-electron chi connectivity index (χ4n) is 8.03. The molecular weight excluding hydrogens is 955 g/mol. The zero-order valence-corrected chi connectivity index (χ0v) is 46.8. The maximum absolute atomic E-state index is 14.5. The Kier molecular flexibility index (Phi) is 29.6. The van der Waals surface area contributed by atoms with Gasteiger partial charge in [0.2, 0.25) is 47.3 Å². The second-order valence-electron chi connectivity index (χ2n) is 21.9. The van der Waals surface area contributed by atoms with E-state index in [4.69, 9.17) is 5.73 Å². The summed E-state index contributed by atoms with van der Waals surface area (Å²) >= 11 is 4.34. The van der Waals surface area contributed by atoms with Gasteiger partial charge in [-0.1, -0.05) is 134 Å². The molecular formula is C53H91N9O10S. The molecule has 0 aliphatic heterocycles. The number of nitrogens with one attached hydrogen (secondary N) is 8. The van der Waals surface area contributed by atoms with Crippen LogP contribution in [-0.2, 0) is 49.6 Å². The summed E-state index contributed by atoms with van der Waals surface area (Å²) in [6.45, 7) is 25.7. The van der Waals surface area contributed by atoms with Crippen molar-refractivity contribution in [2.45, 2.75) is 196 Å². The molecule has 0 saturated heterocycles. The summed E-state index contributed by atoms with van der Waals surface area (Å²) in [5, 5.41) is 31.7. The largest absolute Gasteiger partial charge is 0.480 e. The minimum atomic E-state index is -1.26. The summed E-state index contributed by atoms with van der Waals surface area (Å²) in [4.78, 5) is 123. The van der Waals surface area contributed by atoms with Crippen LogP contribution in [0.2, 0.25) is 0 Å². The van der Waals surface area contributed by atoms with Crippen LogP contribution >= 0.6 is 12.6 Å². The first-order valence-electron chi connectivity index (χ1n) is 26.1. The van der Waals surface area contributed by atoms with E-state index in [0.29, 0.717) is 18.4 Å². The first kappa shape index (κ1) is 65.8. The number of nitrogens with two attached hydrogens (primary N) is 1. The number of thiol groups is 1. The fourth-order valence-corrected chi connectivity index (χ4v) is 8.29. The molecule has 0 spiro atoms. The van der Waals surface area contributed by atoms with E-state index in [2.05, 4.69) is 55.2 Å². The van der Waals surface area contributed by atoms with Crippen molar-refractivity contribution < 1.29 is 48.3 Å². The van der Waals surface area contributed by atoms with Crippen LogP contribution in [0.1, 0.15) is 141 Å². The van der Waals surface area contributed by atoms with Gasteiger partial charge in [-0.15, -0.1) is 0 Å². The number of benzene rings is 1. The van der Waals surface area contributed by atoms with Gasteiger partial charge in [0.15, 0.2) is 0 Å². The highest BCUT2D eigenvalue weighted by Gasteiger charge is 2.37. The van der Waals surface area contributed by atoms with Gasteiger partial charge in [-0.25, -0.2) is 4.79 Å². The average Bonchev–Trinajstić information content (AvgIpc) is 3.29. The van der Waals surface area contributed by atoms with Gasteiger partial charge in [-0.2, -0.15) is 12.6 Å². The molecule has 0 fully saturated rings. The van der Waals surface area contributed by atoms with Crippen molar-refractivity contribution in [3.05, 3.63) is 35.9 Å². The maximum Gasteiger partial charge on any atom is 0.326 e. The number of amides is 8. The van der Waals surface area contributed by atoms with Crippen LogP contribution in [0.4, 0.5) is 0 Å². The van der Waals surface area contributed by atoms with E-state index in [1.54, 1.807) is 51.1 Å². The van der Waals surface area contributed by atoms with Gasteiger partial charge in [0.1, 0.15) is 48.3 Å². The van der Waals surface area contributed by atoms with E-state index in [-0.39, 0.29) is 67.4 Å². The highest BCUT2D eigenvalue weighted by molar-refractivity contribution is 7.80. The highest BCUT2D eigenvalue weighted by atomic mass is 32.1. The molecule has 0 bridgehead atoms. The molecule has 414 valence electrons. The Morgan fingerprint density at radius 1 is 0.452 bits per heavy atom. The Bertz CT molecular complexity index is 1950. The minimum Gasteiger partial charge on any atom is -0.480 e. The second kappa shape index (κ2) is 32.8. The highest BCUT2D eigenvalue weighted by Crippen LogP contribution is 2.16. The lowest BCUT2D eigenvalue weighted by Gasteiger charge is -2.30. The van der Waals surface area contributed by atoms with Crippen molar-refractivity contribution in [3.8, 4) is 0 Å². The summed E-state index contributed by atoms with van der Waals surface area (Å²) in [6, 6.07) is -1.28. The Balaban J connectivity index is 3.52. The molecule has 11 N–H and O–H groups in total. The van der Waals surface area contributed by atoms with Gasteiger partial charge in [0, 0.05) is 12.2 Å². The molecule has 10 atom stereocenters. The molecule has 0 aromatic heterocycles. The molecule has 0 aliphatic carbocycles. The lowest BCUT2D eigenvalue weighted by atomic mass is 9.95. The number of rotatable bonds is 33. The molecule has 0 saturated carbocycles. The van der Waals surface area contributed by atoms with E-state index in [0.717, 1.165) is 0 Å². The third-order valence-electron chi connectivity index (χ3n) is 12.2. The van der Waals surface area contributed by atoms with Crippen molar-refractivity contribution in [1.82, 2.24) is 42.5 Å². The van der Waals surface area contributed by atoms with Gasteiger partial charge < -0.3 is 53.4 Å². The molecule has 0 heterocycles. The standard InChI is InChI=1S/C53H91N9O10S/c1-15-34(14)44(62-50(68)40(25-32(10)11)58-51(69)42(27-73)60-47(65)37(22-29(4)5)55-45(63)36(54)21-28(2)3)52(70)59-41(26-35-19-17-16-18-20-35)48(66)56-38(23-30(6)7)46(64)57-39(24-31(8)9)49(67)61-43(33(12)13)53(71)72/h16-20,28-34,36-44,73H,15,21-27,54H2,1-14H3,(H,55,63)(H,56,66)(H,57,64)(H,58,69)(H,59,70)(H,60,65)(H,61,67)(H,62,68)(H,71,72). The predicted molar refractivity (Wildman–Crippen MR) is 287 cm³/mol. The quantitative estimate of drug-likeness (QED) is 0.0454. The van der Waals surface area contributed by atoms with Crippen LogP contribution in [0.3, 0.4) is 0 Å². The smallest absolute Gasteiger partial charge is 0.326 e.